The highest BCUT2D eigenvalue weighted by Gasteiger charge is 2.32. The van der Waals surface area contributed by atoms with Crippen molar-refractivity contribution in [3.63, 3.8) is 0 Å². The molecular formula is C21H24N4O3. The number of hydrogen-bond donors (Lipinski definition) is 1. The number of hydrogen-bond acceptors (Lipinski definition) is 5. The molecule has 0 radical (unpaired) electrons. The molecule has 3 rings (SSSR count). The predicted octanol–water partition coefficient (Wildman–Crippen LogP) is 3.12. The Morgan fingerprint density at radius 2 is 1.86 bits per heavy atom. The van der Waals surface area contributed by atoms with E-state index in [2.05, 4.69) is 13.8 Å². The lowest BCUT2D eigenvalue weighted by molar-refractivity contribution is 0.0508. The largest absolute Gasteiger partial charge is 0.464 e. The van der Waals surface area contributed by atoms with Gasteiger partial charge in [-0.25, -0.2) is 4.79 Å². The predicted molar refractivity (Wildman–Crippen MR) is 105 cm³/mol. The first-order chi connectivity index (χ1) is 13.4. The second kappa shape index (κ2) is 7.77. The van der Waals surface area contributed by atoms with Crippen LogP contribution in [0.2, 0.25) is 0 Å². The molecule has 0 aliphatic carbocycles. The molecule has 2 N–H and O–H groups in total. The highest BCUT2D eigenvalue weighted by Crippen LogP contribution is 2.30. The summed E-state index contributed by atoms with van der Waals surface area (Å²) in [5, 5.41) is 9.34. The van der Waals surface area contributed by atoms with Crippen LogP contribution in [0.5, 0.6) is 0 Å². The number of aromatic nitrogens is 1. The van der Waals surface area contributed by atoms with Gasteiger partial charge in [-0.1, -0.05) is 12.1 Å². The quantitative estimate of drug-likeness (QED) is 0.825. The first kappa shape index (κ1) is 19.5. The van der Waals surface area contributed by atoms with Gasteiger partial charge < -0.3 is 19.9 Å². The number of nitrogens with zero attached hydrogens (tertiary/aromatic N) is 3. The zero-order valence-electron chi connectivity index (χ0n) is 16.3. The molecule has 2 atom stereocenters. The van der Waals surface area contributed by atoms with Crippen molar-refractivity contribution in [1.82, 2.24) is 9.47 Å². The number of esters is 1. The molecule has 28 heavy (non-hydrogen) atoms. The van der Waals surface area contributed by atoms with Crippen molar-refractivity contribution in [3.8, 4) is 11.8 Å². The van der Waals surface area contributed by atoms with Crippen LogP contribution in [0.3, 0.4) is 0 Å². The van der Waals surface area contributed by atoms with Crippen LogP contribution in [0.1, 0.15) is 59.5 Å². The summed E-state index contributed by atoms with van der Waals surface area (Å²) in [5.74, 6) is -0.766. The SMILES string of the molecule is COC(=O)c1c(N)c(C#N)cn1-c1ccccc1C(=O)N1C(C)CCCC1C. The van der Waals surface area contributed by atoms with Gasteiger partial charge in [0.1, 0.15) is 6.07 Å². The number of nitrogens with two attached hydrogens (primary N) is 1. The summed E-state index contributed by atoms with van der Waals surface area (Å²) in [6.07, 6.45) is 4.48. The van der Waals surface area contributed by atoms with Gasteiger partial charge in [0.05, 0.1) is 29.6 Å². The van der Waals surface area contributed by atoms with E-state index < -0.39 is 5.97 Å². The monoisotopic (exact) mass is 380 g/mol. The molecule has 1 saturated heterocycles. The van der Waals surface area contributed by atoms with Gasteiger partial charge in [0, 0.05) is 18.3 Å². The normalized spacial score (nSPS) is 19.1. The number of carbonyl (C=O) groups excluding carboxylic acids is 2. The molecule has 7 heteroatoms. The number of anilines is 1. The Morgan fingerprint density at radius 1 is 1.21 bits per heavy atom. The lowest BCUT2D eigenvalue weighted by Crippen LogP contribution is -2.47. The maximum Gasteiger partial charge on any atom is 0.357 e. The zero-order valence-corrected chi connectivity index (χ0v) is 16.3. The zero-order chi connectivity index (χ0) is 20.4. The van der Waals surface area contributed by atoms with Crippen molar-refractivity contribution >= 4 is 17.6 Å². The molecule has 1 aromatic heterocycles. The third-order valence-electron chi connectivity index (χ3n) is 5.37. The highest BCUT2D eigenvalue weighted by atomic mass is 16.5. The van der Waals surface area contributed by atoms with Gasteiger partial charge in [-0.3, -0.25) is 4.79 Å². The summed E-state index contributed by atoms with van der Waals surface area (Å²) in [5.41, 5.74) is 7.18. The summed E-state index contributed by atoms with van der Waals surface area (Å²) >= 11 is 0. The lowest BCUT2D eigenvalue weighted by Gasteiger charge is -2.39. The molecule has 2 unspecified atom stereocenters. The molecule has 0 spiro atoms. The highest BCUT2D eigenvalue weighted by molar-refractivity contribution is 6.00. The summed E-state index contributed by atoms with van der Waals surface area (Å²) in [4.78, 5) is 27.6. The first-order valence-corrected chi connectivity index (χ1v) is 9.32. The van der Waals surface area contributed by atoms with Crippen molar-refractivity contribution in [1.29, 1.82) is 5.26 Å². The van der Waals surface area contributed by atoms with Crippen LogP contribution in [-0.4, -0.2) is 40.5 Å². The van der Waals surface area contributed by atoms with Crippen LogP contribution in [0.15, 0.2) is 30.5 Å². The molecule has 1 amide bonds. The van der Waals surface area contributed by atoms with E-state index >= 15 is 0 Å². The molecular weight excluding hydrogens is 356 g/mol. The molecule has 2 aromatic rings. The van der Waals surface area contributed by atoms with Gasteiger partial charge >= 0.3 is 5.97 Å². The summed E-state index contributed by atoms with van der Waals surface area (Å²) in [6.45, 7) is 4.11. The van der Waals surface area contributed by atoms with Crippen LogP contribution < -0.4 is 5.73 Å². The number of nitrogen functional groups attached to an aromatic ring is 1. The number of ether oxygens (including phenoxy) is 1. The number of carbonyl (C=O) groups is 2. The fourth-order valence-electron chi connectivity index (χ4n) is 3.93. The van der Waals surface area contributed by atoms with E-state index in [1.807, 2.05) is 11.0 Å². The second-order valence-corrected chi connectivity index (χ2v) is 7.14. The van der Waals surface area contributed by atoms with E-state index in [9.17, 15) is 14.9 Å². The molecule has 0 bridgehead atoms. The molecule has 1 aliphatic rings. The smallest absolute Gasteiger partial charge is 0.357 e. The van der Waals surface area contributed by atoms with Crippen LogP contribution in [0.4, 0.5) is 5.69 Å². The minimum atomic E-state index is -0.666. The molecule has 146 valence electrons. The Balaban J connectivity index is 2.15. The minimum absolute atomic E-state index is 0.0383. The molecule has 7 nitrogen and oxygen atoms in total. The van der Waals surface area contributed by atoms with E-state index in [1.54, 1.807) is 24.3 Å². The molecule has 2 heterocycles. The molecule has 1 fully saturated rings. The Hall–Kier alpha value is -3.27. The van der Waals surface area contributed by atoms with Crippen molar-refractivity contribution < 1.29 is 14.3 Å². The third kappa shape index (κ3) is 3.22. The van der Waals surface area contributed by atoms with Gasteiger partial charge in [-0.2, -0.15) is 5.26 Å². The van der Waals surface area contributed by atoms with Gasteiger partial charge in [0.25, 0.3) is 5.91 Å². The second-order valence-electron chi connectivity index (χ2n) is 7.14. The maximum absolute atomic E-state index is 13.4. The van der Waals surface area contributed by atoms with E-state index in [0.717, 1.165) is 19.3 Å². The Bertz CT molecular complexity index is 947. The van der Waals surface area contributed by atoms with Crippen LogP contribution in [-0.2, 0) is 4.74 Å². The fourth-order valence-corrected chi connectivity index (χ4v) is 3.93. The van der Waals surface area contributed by atoms with Gasteiger partial charge in [-0.05, 0) is 45.2 Å². The van der Waals surface area contributed by atoms with Gasteiger partial charge in [-0.15, -0.1) is 0 Å². The summed E-state index contributed by atoms with van der Waals surface area (Å²) in [6, 6.07) is 9.27. The first-order valence-electron chi connectivity index (χ1n) is 9.32. The van der Waals surface area contributed by atoms with Crippen molar-refractivity contribution in [2.45, 2.75) is 45.2 Å². The van der Waals surface area contributed by atoms with Crippen molar-refractivity contribution in [2.75, 3.05) is 12.8 Å². The van der Waals surface area contributed by atoms with E-state index in [1.165, 1.54) is 17.9 Å². The van der Waals surface area contributed by atoms with Gasteiger partial charge in [0.2, 0.25) is 0 Å². The number of para-hydroxylation sites is 1. The average molecular weight is 380 g/mol. The minimum Gasteiger partial charge on any atom is -0.464 e. The lowest BCUT2D eigenvalue weighted by atomic mass is 9.96. The number of benzene rings is 1. The van der Waals surface area contributed by atoms with Gasteiger partial charge in [0.15, 0.2) is 5.69 Å². The number of amides is 1. The Morgan fingerprint density at radius 3 is 2.46 bits per heavy atom. The van der Waals surface area contributed by atoms with E-state index in [-0.39, 0.29) is 34.9 Å². The van der Waals surface area contributed by atoms with Crippen LogP contribution in [0.25, 0.3) is 5.69 Å². The van der Waals surface area contributed by atoms with Crippen molar-refractivity contribution in [3.05, 3.63) is 47.3 Å². The number of piperidine rings is 1. The van der Waals surface area contributed by atoms with Crippen LogP contribution >= 0.6 is 0 Å². The summed E-state index contributed by atoms with van der Waals surface area (Å²) in [7, 11) is 1.25. The van der Waals surface area contributed by atoms with E-state index in [4.69, 9.17) is 10.5 Å². The fraction of sp³-hybridized carbons (Fsp3) is 0.381. The molecule has 1 aromatic carbocycles. The number of nitriles is 1. The Labute approximate surface area is 164 Å². The Kier molecular flexibility index (Phi) is 5.41. The van der Waals surface area contributed by atoms with E-state index in [0.29, 0.717) is 11.3 Å². The van der Waals surface area contributed by atoms with Crippen LogP contribution in [0, 0.1) is 11.3 Å². The maximum atomic E-state index is 13.4. The molecule has 0 saturated carbocycles. The number of rotatable bonds is 3. The number of likely N-dealkylation sites (tertiary alicyclic amines) is 1. The number of methoxy groups -OCH3 is 1. The topological polar surface area (TPSA) is 101 Å². The molecule has 1 aliphatic heterocycles. The van der Waals surface area contributed by atoms with Crippen molar-refractivity contribution in [2.24, 2.45) is 0 Å². The average Bonchev–Trinajstić information content (AvgIpc) is 3.03. The summed E-state index contributed by atoms with van der Waals surface area (Å²) < 4.78 is 6.32. The standard InChI is InChI=1S/C21H24N4O3/c1-13-7-6-8-14(2)25(13)20(26)16-9-4-5-10-17(16)24-12-15(11-22)18(23)19(24)21(27)28-3/h4-5,9-10,12-14H,6-8,23H2,1-3H3. The third-order valence-corrected chi connectivity index (χ3v) is 5.37.